The average Bonchev–Trinajstić information content (AvgIpc) is 3.03. The SMILES string of the molecule is O=C(COCC(=O)N1CCN(C(c2ccccc2)c2ccccc2)CC1)Nc1ccccc1Cc1cccc(C(=O)O)c1. The lowest BCUT2D eigenvalue weighted by Gasteiger charge is -2.39. The zero-order chi connectivity index (χ0) is 30.0. The fourth-order valence-corrected chi connectivity index (χ4v) is 5.45. The number of carboxylic acids is 1. The highest BCUT2D eigenvalue weighted by atomic mass is 16.5. The van der Waals surface area contributed by atoms with Crippen molar-refractivity contribution in [2.45, 2.75) is 12.5 Å². The van der Waals surface area contributed by atoms with Gasteiger partial charge in [-0.3, -0.25) is 14.5 Å². The number of carbonyl (C=O) groups excluding carboxylic acids is 2. The number of anilines is 1. The number of carboxylic acid groups (broad SMARTS) is 1. The number of rotatable bonds is 11. The first-order valence-corrected chi connectivity index (χ1v) is 14.4. The monoisotopic (exact) mass is 577 g/mol. The van der Waals surface area contributed by atoms with E-state index in [-0.39, 0.29) is 36.6 Å². The molecule has 2 amide bonds. The van der Waals surface area contributed by atoms with Crippen LogP contribution in [0.2, 0.25) is 0 Å². The van der Waals surface area contributed by atoms with E-state index in [2.05, 4.69) is 58.7 Å². The fourth-order valence-electron chi connectivity index (χ4n) is 5.45. The summed E-state index contributed by atoms with van der Waals surface area (Å²) >= 11 is 0. The van der Waals surface area contributed by atoms with Gasteiger partial charge in [-0.15, -0.1) is 0 Å². The number of aromatic carboxylic acids is 1. The number of nitrogens with one attached hydrogen (secondary N) is 1. The molecule has 43 heavy (non-hydrogen) atoms. The van der Waals surface area contributed by atoms with Crippen molar-refractivity contribution in [3.8, 4) is 0 Å². The van der Waals surface area contributed by atoms with Crippen LogP contribution in [0, 0.1) is 0 Å². The molecule has 220 valence electrons. The number of hydrogen-bond acceptors (Lipinski definition) is 5. The van der Waals surface area contributed by atoms with E-state index in [9.17, 15) is 19.5 Å². The largest absolute Gasteiger partial charge is 0.478 e. The van der Waals surface area contributed by atoms with Crippen molar-refractivity contribution in [1.29, 1.82) is 0 Å². The lowest BCUT2D eigenvalue weighted by atomic mass is 9.96. The number of hydrogen-bond donors (Lipinski definition) is 2. The van der Waals surface area contributed by atoms with E-state index >= 15 is 0 Å². The minimum atomic E-state index is -0.986. The third-order valence-electron chi connectivity index (χ3n) is 7.58. The first kappa shape index (κ1) is 29.7. The molecule has 0 radical (unpaired) electrons. The first-order chi connectivity index (χ1) is 21.0. The van der Waals surface area contributed by atoms with Gasteiger partial charge in [0.05, 0.1) is 11.6 Å². The topological polar surface area (TPSA) is 99.2 Å². The Kier molecular flexibility index (Phi) is 9.94. The van der Waals surface area contributed by atoms with Gasteiger partial charge < -0.3 is 20.1 Å². The molecule has 8 heteroatoms. The number of nitrogens with zero attached hydrogens (tertiary/aromatic N) is 2. The lowest BCUT2D eigenvalue weighted by molar-refractivity contribution is -0.139. The summed E-state index contributed by atoms with van der Waals surface area (Å²) < 4.78 is 5.51. The van der Waals surface area contributed by atoms with Gasteiger partial charge in [0.25, 0.3) is 0 Å². The fraction of sp³-hybridized carbons (Fsp3) is 0.229. The summed E-state index contributed by atoms with van der Waals surface area (Å²) in [6.07, 6.45) is 0.457. The van der Waals surface area contributed by atoms with Crippen LogP contribution in [0.4, 0.5) is 5.69 Å². The summed E-state index contributed by atoms with van der Waals surface area (Å²) in [5, 5.41) is 12.1. The van der Waals surface area contributed by atoms with Gasteiger partial charge in [-0.25, -0.2) is 4.79 Å². The van der Waals surface area contributed by atoms with Gasteiger partial charge in [-0.2, -0.15) is 0 Å². The maximum Gasteiger partial charge on any atom is 0.335 e. The molecule has 0 aromatic heterocycles. The molecular weight excluding hydrogens is 542 g/mol. The third kappa shape index (κ3) is 7.94. The maximum atomic E-state index is 12.9. The molecule has 5 rings (SSSR count). The lowest BCUT2D eigenvalue weighted by Crippen LogP contribution is -2.50. The molecule has 0 atom stereocenters. The van der Waals surface area contributed by atoms with Gasteiger partial charge in [0.2, 0.25) is 11.8 Å². The molecule has 4 aromatic carbocycles. The molecule has 4 aromatic rings. The predicted molar refractivity (Wildman–Crippen MR) is 165 cm³/mol. The smallest absolute Gasteiger partial charge is 0.335 e. The Morgan fingerprint density at radius 1 is 0.744 bits per heavy atom. The van der Waals surface area contributed by atoms with Gasteiger partial charge >= 0.3 is 5.97 Å². The molecule has 0 saturated carbocycles. The van der Waals surface area contributed by atoms with Crippen molar-refractivity contribution in [3.63, 3.8) is 0 Å². The van der Waals surface area contributed by atoms with Crippen LogP contribution in [0.25, 0.3) is 0 Å². The van der Waals surface area contributed by atoms with Crippen LogP contribution in [0.5, 0.6) is 0 Å². The van der Waals surface area contributed by atoms with E-state index in [1.165, 1.54) is 11.1 Å². The van der Waals surface area contributed by atoms with Crippen LogP contribution in [0.3, 0.4) is 0 Å². The Morgan fingerprint density at radius 2 is 1.37 bits per heavy atom. The Bertz CT molecular complexity index is 1500. The first-order valence-electron chi connectivity index (χ1n) is 14.4. The van der Waals surface area contributed by atoms with Crippen molar-refractivity contribution >= 4 is 23.5 Å². The van der Waals surface area contributed by atoms with Gasteiger partial charge in [-0.1, -0.05) is 91.0 Å². The van der Waals surface area contributed by atoms with Gasteiger partial charge in [-0.05, 0) is 46.9 Å². The summed E-state index contributed by atoms with van der Waals surface area (Å²) in [6.45, 7) is 2.21. The number of carbonyl (C=O) groups is 3. The van der Waals surface area contributed by atoms with Crippen LogP contribution in [0.1, 0.15) is 38.7 Å². The van der Waals surface area contributed by atoms with Crippen LogP contribution >= 0.6 is 0 Å². The maximum absolute atomic E-state index is 12.9. The normalized spacial score (nSPS) is 13.6. The van der Waals surface area contributed by atoms with E-state index in [4.69, 9.17) is 4.74 Å². The molecular formula is C35H35N3O5. The van der Waals surface area contributed by atoms with Crippen LogP contribution < -0.4 is 5.32 Å². The number of amides is 2. The molecule has 2 N–H and O–H groups in total. The summed E-state index contributed by atoms with van der Waals surface area (Å²) in [5.74, 6) is -1.49. The van der Waals surface area contributed by atoms with E-state index < -0.39 is 5.97 Å². The Hall–Kier alpha value is -4.79. The molecule has 1 saturated heterocycles. The minimum Gasteiger partial charge on any atom is -0.478 e. The molecule has 0 bridgehead atoms. The standard InChI is InChI=1S/C35H35N3O5/c39-32(36-31-17-8-7-15-29(31)22-26-10-9-16-30(23-26)35(41)42)24-43-25-33(40)37-18-20-38(21-19-37)34(27-11-3-1-4-12-27)28-13-5-2-6-14-28/h1-17,23,34H,18-22,24-25H2,(H,36,39)(H,41,42). The number of benzene rings is 4. The molecule has 0 spiro atoms. The molecule has 1 fully saturated rings. The second-order valence-corrected chi connectivity index (χ2v) is 10.5. The molecule has 1 aliphatic heterocycles. The van der Waals surface area contributed by atoms with Crippen molar-refractivity contribution in [1.82, 2.24) is 9.80 Å². The summed E-state index contributed by atoms with van der Waals surface area (Å²) in [6, 6.07) is 35.0. The Morgan fingerprint density at radius 3 is 2.02 bits per heavy atom. The molecule has 0 unspecified atom stereocenters. The minimum absolute atomic E-state index is 0.114. The van der Waals surface area contributed by atoms with Crippen molar-refractivity contribution in [2.24, 2.45) is 0 Å². The average molecular weight is 578 g/mol. The number of piperazine rings is 1. The second kappa shape index (κ2) is 14.4. The van der Waals surface area contributed by atoms with E-state index in [0.717, 1.165) is 24.2 Å². The Balaban J connectivity index is 1.10. The van der Waals surface area contributed by atoms with Crippen LogP contribution in [0.15, 0.2) is 109 Å². The Labute approximate surface area is 251 Å². The van der Waals surface area contributed by atoms with Crippen LogP contribution in [-0.4, -0.2) is 72.1 Å². The number of para-hydroxylation sites is 1. The zero-order valence-corrected chi connectivity index (χ0v) is 23.9. The summed E-state index contributed by atoms with van der Waals surface area (Å²) in [5.41, 5.74) is 4.94. The highest BCUT2D eigenvalue weighted by Gasteiger charge is 2.28. The highest BCUT2D eigenvalue weighted by molar-refractivity contribution is 5.93. The van der Waals surface area contributed by atoms with Crippen molar-refractivity contribution in [3.05, 3.63) is 137 Å². The van der Waals surface area contributed by atoms with E-state index in [1.807, 2.05) is 36.4 Å². The van der Waals surface area contributed by atoms with E-state index in [1.54, 1.807) is 29.2 Å². The zero-order valence-electron chi connectivity index (χ0n) is 23.9. The van der Waals surface area contributed by atoms with Gasteiger partial charge in [0.1, 0.15) is 13.2 Å². The molecule has 0 aliphatic carbocycles. The number of ether oxygens (including phenoxy) is 1. The molecule has 1 heterocycles. The summed E-state index contributed by atoms with van der Waals surface area (Å²) in [4.78, 5) is 41.1. The van der Waals surface area contributed by atoms with Gasteiger partial charge in [0.15, 0.2) is 0 Å². The molecule has 1 aliphatic rings. The highest BCUT2D eigenvalue weighted by Crippen LogP contribution is 2.29. The predicted octanol–water partition coefficient (Wildman–Crippen LogP) is 4.86. The van der Waals surface area contributed by atoms with Crippen LogP contribution in [-0.2, 0) is 20.7 Å². The van der Waals surface area contributed by atoms with Gasteiger partial charge in [0, 0.05) is 31.9 Å². The van der Waals surface area contributed by atoms with E-state index in [0.29, 0.717) is 25.2 Å². The summed E-state index contributed by atoms with van der Waals surface area (Å²) in [7, 11) is 0. The third-order valence-corrected chi connectivity index (χ3v) is 7.58. The van der Waals surface area contributed by atoms with Crippen molar-refractivity contribution in [2.75, 3.05) is 44.7 Å². The van der Waals surface area contributed by atoms with Crippen molar-refractivity contribution < 1.29 is 24.2 Å². The second-order valence-electron chi connectivity index (χ2n) is 10.5. The quantitative estimate of drug-likeness (QED) is 0.264. The molecule has 8 nitrogen and oxygen atoms in total.